The van der Waals surface area contributed by atoms with E-state index in [2.05, 4.69) is 51.6 Å². The van der Waals surface area contributed by atoms with Gasteiger partial charge in [0.05, 0.1) is 17.9 Å². The van der Waals surface area contributed by atoms with Crippen molar-refractivity contribution in [3.8, 4) is 5.75 Å². The van der Waals surface area contributed by atoms with Crippen molar-refractivity contribution in [3.63, 3.8) is 0 Å². The van der Waals surface area contributed by atoms with Gasteiger partial charge in [0.25, 0.3) is 0 Å². The van der Waals surface area contributed by atoms with Gasteiger partial charge in [0.2, 0.25) is 0 Å². The number of nitrogens with zero attached hydrogens (tertiary/aromatic N) is 5. The van der Waals surface area contributed by atoms with Gasteiger partial charge in [-0.25, -0.2) is 14.8 Å². The number of urea groups is 1. The normalized spacial score (nSPS) is 17.0. The largest absolute Gasteiger partial charge is 0.484 e. The Balaban J connectivity index is 1.34. The molecule has 220 valence electrons. The highest BCUT2D eigenvalue weighted by molar-refractivity contribution is 5.92. The predicted molar refractivity (Wildman–Crippen MR) is 161 cm³/mol. The van der Waals surface area contributed by atoms with Gasteiger partial charge in [0.15, 0.2) is 17.3 Å². The van der Waals surface area contributed by atoms with Crippen LogP contribution in [-0.4, -0.2) is 36.4 Å². The molecular formula is C32H39N7O3. The third-order valence-electron chi connectivity index (χ3n) is 7.93. The van der Waals surface area contributed by atoms with Gasteiger partial charge < -0.3 is 10.1 Å². The van der Waals surface area contributed by atoms with Crippen LogP contribution in [-0.2, 0) is 10.8 Å². The number of carbonyl (C=O) groups excluding carboxylic acids is 2. The summed E-state index contributed by atoms with van der Waals surface area (Å²) in [6.07, 6.45) is 4.13. The third kappa shape index (κ3) is 5.98. The van der Waals surface area contributed by atoms with Gasteiger partial charge in [-0.2, -0.15) is 0 Å². The molecule has 3 heterocycles. The molecule has 0 saturated carbocycles. The van der Waals surface area contributed by atoms with Gasteiger partial charge in [-0.1, -0.05) is 65.8 Å². The van der Waals surface area contributed by atoms with Crippen molar-refractivity contribution in [1.82, 2.24) is 29.9 Å². The Morgan fingerprint density at radius 3 is 2.43 bits per heavy atom. The number of amides is 2. The number of hydrogen-bond acceptors (Lipinski definition) is 7. The SMILES string of the molecule is CCC(C)(C)c1nnc2ccc(O[C@@H]3CC[C@H](NC(=O)Nc4cc(C(C)(C)C)nc(C(C)=O)n4)c4ccccc43)cn12. The first-order chi connectivity index (χ1) is 19.9. The van der Waals surface area contributed by atoms with Crippen LogP contribution in [0.4, 0.5) is 10.6 Å². The number of ketones is 1. The average molecular weight is 570 g/mol. The molecule has 0 radical (unpaired) electrons. The Morgan fingerprint density at radius 1 is 1.00 bits per heavy atom. The first-order valence-corrected chi connectivity index (χ1v) is 14.4. The molecule has 2 atom stereocenters. The number of ether oxygens (including phenoxy) is 1. The summed E-state index contributed by atoms with van der Waals surface area (Å²) >= 11 is 0. The minimum atomic E-state index is -0.397. The van der Waals surface area contributed by atoms with E-state index in [1.54, 1.807) is 6.07 Å². The Morgan fingerprint density at radius 2 is 1.74 bits per heavy atom. The average Bonchev–Trinajstić information content (AvgIpc) is 3.38. The van der Waals surface area contributed by atoms with Crippen molar-refractivity contribution in [3.05, 3.63) is 77.1 Å². The number of carbonyl (C=O) groups is 2. The number of hydrogen-bond donors (Lipinski definition) is 2. The maximum absolute atomic E-state index is 13.1. The van der Waals surface area contributed by atoms with Crippen molar-refractivity contribution >= 4 is 23.3 Å². The van der Waals surface area contributed by atoms with E-state index >= 15 is 0 Å². The maximum atomic E-state index is 13.1. The Kier molecular flexibility index (Phi) is 7.74. The minimum absolute atomic E-state index is 0.0794. The highest BCUT2D eigenvalue weighted by Crippen LogP contribution is 2.39. The summed E-state index contributed by atoms with van der Waals surface area (Å²) in [5.41, 5.74) is 3.06. The van der Waals surface area contributed by atoms with E-state index in [9.17, 15) is 9.59 Å². The molecule has 0 aliphatic heterocycles. The topological polar surface area (TPSA) is 123 Å². The third-order valence-corrected chi connectivity index (χ3v) is 7.93. The number of rotatable bonds is 7. The first-order valence-electron chi connectivity index (χ1n) is 14.4. The Hall–Kier alpha value is -4.34. The summed E-state index contributed by atoms with van der Waals surface area (Å²) in [6, 6.07) is 13.0. The first kappa shape index (κ1) is 29.2. The second-order valence-corrected chi connectivity index (χ2v) is 12.6. The molecule has 4 aromatic rings. The molecular weight excluding hydrogens is 530 g/mol. The second-order valence-electron chi connectivity index (χ2n) is 12.6. The molecule has 1 aliphatic rings. The summed E-state index contributed by atoms with van der Waals surface area (Å²) in [6.45, 7) is 13.9. The highest BCUT2D eigenvalue weighted by Gasteiger charge is 2.30. The zero-order chi connectivity index (χ0) is 30.2. The van der Waals surface area contributed by atoms with Crippen molar-refractivity contribution < 1.29 is 14.3 Å². The van der Waals surface area contributed by atoms with E-state index in [1.165, 1.54) is 6.92 Å². The van der Waals surface area contributed by atoms with Crippen LogP contribution >= 0.6 is 0 Å². The van der Waals surface area contributed by atoms with Gasteiger partial charge in [0.1, 0.15) is 23.5 Å². The predicted octanol–water partition coefficient (Wildman–Crippen LogP) is 6.48. The summed E-state index contributed by atoms with van der Waals surface area (Å²) in [5, 5.41) is 14.7. The van der Waals surface area contributed by atoms with Gasteiger partial charge in [-0.3, -0.25) is 14.5 Å². The van der Waals surface area contributed by atoms with E-state index < -0.39 is 6.03 Å². The zero-order valence-electron chi connectivity index (χ0n) is 25.4. The highest BCUT2D eigenvalue weighted by atomic mass is 16.5. The fourth-order valence-corrected chi connectivity index (χ4v) is 5.11. The zero-order valence-corrected chi connectivity index (χ0v) is 25.4. The van der Waals surface area contributed by atoms with Crippen molar-refractivity contribution in [2.45, 2.75) is 90.7 Å². The molecule has 0 fully saturated rings. The number of benzene rings is 1. The minimum Gasteiger partial charge on any atom is -0.484 e. The van der Waals surface area contributed by atoms with Crippen molar-refractivity contribution in [1.29, 1.82) is 0 Å². The van der Waals surface area contributed by atoms with Gasteiger partial charge in [-0.05, 0) is 42.5 Å². The van der Waals surface area contributed by atoms with E-state index in [1.807, 2.05) is 67.8 Å². The number of nitrogens with one attached hydrogen (secondary N) is 2. The quantitative estimate of drug-likeness (QED) is 0.244. The molecule has 42 heavy (non-hydrogen) atoms. The fraction of sp³-hybridized carbons (Fsp3) is 0.438. The van der Waals surface area contributed by atoms with Crippen LogP contribution in [0.5, 0.6) is 5.75 Å². The lowest BCUT2D eigenvalue weighted by molar-refractivity contribution is 0.100. The molecule has 3 aromatic heterocycles. The number of fused-ring (bicyclic) bond motifs is 2. The number of pyridine rings is 1. The van der Waals surface area contributed by atoms with E-state index in [-0.39, 0.29) is 40.4 Å². The van der Waals surface area contributed by atoms with Crippen LogP contribution < -0.4 is 15.4 Å². The standard InChI is InChI=1S/C32H39N7O3/c1-8-32(6,7)29-38-37-27-16-13-20(18-39(27)29)42-24-15-14-23(21-11-9-10-12-22(21)24)33-30(41)36-26-17-25(31(3,4)5)34-28(35-26)19(2)40/h9-13,16-18,23-24H,8,14-15H2,1-7H3,(H2,33,34,35,36,41)/t23-,24+/m0/s1. The fourth-order valence-electron chi connectivity index (χ4n) is 5.11. The van der Waals surface area contributed by atoms with Crippen molar-refractivity contribution in [2.75, 3.05) is 5.32 Å². The molecule has 0 spiro atoms. The lowest BCUT2D eigenvalue weighted by Crippen LogP contribution is -2.36. The molecule has 0 bridgehead atoms. The number of aromatic nitrogens is 5. The summed E-state index contributed by atoms with van der Waals surface area (Å²) < 4.78 is 8.55. The molecule has 10 heteroatoms. The smallest absolute Gasteiger partial charge is 0.320 e. The van der Waals surface area contributed by atoms with Crippen LogP contribution in [0.25, 0.3) is 5.65 Å². The summed E-state index contributed by atoms with van der Waals surface area (Å²) in [5.74, 6) is 1.75. The molecule has 0 unspecified atom stereocenters. The van der Waals surface area contributed by atoms with Gasteiger partial charge in [0, 0.05) is 23.8 Å². The van der Waals surface area contributed by atoms with Crippen LogP contribution in [0.2, 0.25) is 0 Å². The second kappa shape index (κ2) is 11.2. The van der Waals surface area contributed by atoms with E-state index in [4.69, 9.17) is 4.74 Å². The maximum Gasteiger partial charge on any atom is 0.320 e. The lowest BCUT2D eigenvalue weighted by atomic mass is 9.85. The molecule has 2 amide bonds. The lowest BCUT2D eigenvalue weighted by Gasteiger charge is -2.32. The molecule has 1 aromatic carbocycles. The van der Waals surface area contributed by atoms with Crippen LogP contribution in [0.1, 0.15) is 113 Å². The van der Waals surface area contributed by atoms with E-state index in [0.29, 0.717) is 18.5 Å². The summed E-state index contributed by atoms with van der Waals surface area (Å²) in [7, 11) is 0. The molecule has 0 saturated heterocycles. The number of Topliss-reactive ketones (excluding diaryl/α,β-unsaturated/α-hetero) is 1. The number of anilines is 1. The van der Waals surface area contributed by atoms with Crippen LogP contribution in [0, 0.1) is 0 Å². The molecule has 2 N–H and O–H groups in total. The Labute approximate surface area is 246 Å². The van der Waals surface area contributed by atoms with Gasteiger partial charge >= 0.3 is 6.03 Å². The molecule has 1 aliphatic carbocycles. The van der Waals surface area contributed by atoms with Crippen LogP contribution in [0.3, 0.4) is 0 Å². The molecule has 10 nitrogen and oxygen atoms in total. The van der Waals surface area contributed by atoms with E-state index in [0.717, 1.165) is 34.8 Å². The monoisotopic (exact) mass is 569 g/mol. The van der Waals surface area contributed by atoms with Gasteiger partial charge in [-0.15, -0.1) is 10.2 Å². The van der Waals surface area contributed by atoms with Crippen molar-refractivity contribution in [2.24, 2.45) is 0 Å². The molecule has 5 rings (SSSR count). The Bertz CT molecular complexity index is 1640. The van der Waals surface area contributed by atoms with Crippen LogP contribution in [0.15, 0.2) is 48.7 Å². The summed E-state index contributed by atoms with van der Waals surface area (Å²) in [4.78, 5) is 33.8.